The molecule has 0 aliphatic rings. The number of carbonyl (C=O) groups is 2. The van der Waals surface area contributed by atoms with Gasteiger partial charge < -0.3 is 19.6 Å². The van der Waals surface area contributed by atoms with Crippen molar-refractivity contribution >= 4 is 11.8 Å². The first-order valence-electron chi connectivity index (χ1n) is 5.84. The van der Waals surface area contributed by atoms with Crippen LogP contribution in [0.2, 0.25) is 0 Å². The Hall–Kier alpha value is -2.50. The molecule has 0 aliphatic heterocycles. The van der Waals surface area contributed by atoms with Gasteiger partial charge >= 0.3 is 0 Å². The number of furan rings is 1. The quantitative estimate of drug-likeness (QED) is 0.842. The number of hydrogen-bond donors (Lipinski definition) is 2. The van der Waals surface area contributed by atoms with E-state index in [1.54, 1.807) is 31.6 Å². The zero-order valence-electron chi connectivity index (χ0n) is 10.6. The zero-order chi connectivity index (χ0) is 13.7. The van der Waals surface area contributed by atoms with Crippen molar-refractivity contribution in [2.24, 2.45) is 0 Å². The van der Waals surface area contributed by atoms with Gasteiger partial charge in [-0.1, -0.05) is 0 Å². The summed E-state index contributed by atoms with van der Waals surface area (Å²) in [7, 11) is 1.56. The normalized spacial score (nSPS) is 10.2. The summed E-state index contributed by atoms with van der Waals surface area (Å²) in [4.78, 5) is 27.7. The van der Waals surface area contributed by atoms with Crippen molar-refractivity contribution in [2.75, 3.05) is 13.6 Å². The monoisotopic (exact) mass is 261 g/mol. The number of nitrogens with one attached hydrogen (secondary N) is 2. The van der Waals surface area contributed by atoms with Crippen molar-refractivity contribution in [3.63, 3.8) is 0 Å². The van der Waals surface area contributed by atoms with E-state index in [0.29, 0.717) is 6.54 Å². The minimum Gasteiger partial charge on any atom is -0.459 e. The van der Waals surface area contributed by atoms with Gasteiger partial charge in [0.1, 0.15) is 0 Å². The molecule has 0 radical (unpaired) electrons. The van der Waals surface area contributed by atoms with Crippen molar-refractivity contribution < 1.29 is 14.0 Å². The summed E-state index contributed by atoms with van der Waals surface area (Å²) in [6, 6.07) is 5.07. The van der Waals surface area contributed by atoms with Crippen LogP contribution < -0.4 is 5.32 Å². The summed E-state index contributed by atoms with van der Waals surface area (Å²) in [5, 5.41) is 2.73. The maximum absolute atomic E-state index is 11.8. The van der Waals surface area contributed by atoms with Gasteiger partial charge in [-0.3, -0.25) is 9.59 Å². The lowest BCUT2D eigenvalue weighted by Crippen LogP contribution is -2.37. The molecule has 2 aromatic rings. The fourth-order valence-corrected chi connectivity index (χ4v) is 1.60. The number of carbonyl (C=O) groups excluding carboxylic acids is 2. The molecule has 6 nitrogen and oxygen atoms in total. The number of hydrogen-bond acceptors (Lipinski definition) is 3. The summed E-state index contributed by atoms with van der Waals surface area (Å²) in [5.41, 5.74) is 0.980. The highest BCUT2D eigenvalue weighted by molar-refractivity contribution is 5.94. The maximum atomic E-state index is 11.8. The van der Waals surface area contributed by atoms with Crippen LogP contribution in [0.25, 0.3) is 0 Å². The van der Waals surface area contributed by atoms with Crippen molar-refractivity contribution in [3.8, 4) is 0 Å². The molecular weight excluding hydrogens is 246 g/mol. The SMILES string of the molecule is CN(CC(=O)NCc1cc[nH]c1)C(=O)c1ccco1. The molecule has 0 aromatic carbocycles. The van der Waals surface area contributed by atoms with Gasteiger partial charge in [-0.2, -0.15) is 0 Å². The Kier molecular flexibility index (Phi) is 4.02. The third-order valence-electron chi connectivity index (χ3n) is 2.61. The van der Waals surface area contributed by atoms with Gasteiger partial charge in [-0.15, -0.1) is 0 Å². The predicted octanol–water partition coefficient (Wildman–Crippen LogP) is 0.996. The first-order valence-corrected chi connectivity index (χ1v) is 5.84. The van der Waals surface area contributed by atoms with Crippen LogP contribution in [0, 0.1) is 0 Å². The fraction of sp³-hybridized carbons (Fsp3) is 0.231. The van der Waals surface area contributed by atoms with Crippen LogP contribution in [-0.4, -0.2) is 35.3 Å². The lowest BCUT2D eigenvalue weighted by Gasteiger charge is -2.15. The topological polar surface area (TPSA) is 78.3 Å². The van der Waals surface area contributed by atoms with E-state index in [1.807, 2.05) is 6.07 Å². The van der Waals surface area contributed by atoms with Crippen LogP contribution in [0.1, 0.15) is 16.1 Å². The van der Waals surface area contributed by atoms with Gasteiger partial charge in [0.05, 0.1) is 12.8 Å². The highest BCUT2D eigenvalue weighted by Crippen LogP contribution is 2.03. The van der Waals surface area contributed by atoms with E-state index in [4.69, 9.17) is 4.42 Å². The summed E-state index contributed by atoms with van der Waals surface area (Å²) < 4.78 is 4.99. The smallest absolute Gasteiger partial charge is 0.289 e. The number of amides is 2. The standard InChI is InChI=1S/C13H15N3O3/c1-16(13(18)11-3-2-6-19-11)9-12(17)15-8-10-4-5-14-7-10/h2-7,14H,8-9H2,1H3,(H,15,17). The molecule has 0 atom stereocenters. The average Bonchev–Trinajstić information content (AvgIpc) is 3.08. The molecule has 0 aliphatic carbocycles. The molecule has 0 bridgehead atoms. The molecular formula is C13H15N3O3. The number of H-pyrrole nitrogens is 1. The Morgan fingerprint density at radius 2 is 2.26 bits per heavy atom. The fourth-order valence-electron chi connectivity index (χ4n) is 1.60. The Morgan fingerprint density at radius 1 is 1.42 bits per heavy atom. The highest BCUT2D eigenvalue weighted by Gasteiger charge is 2.16. The van der Waals surface area contributed by atoms with Crippen LogP contribution >= 0.6 is 0 Å². The molecule has 2 N–H and O–H groups in total. The van der Waals surface area contributed by atoms with E-state index in [1.165, 1.54) is 11.2 Å². The van der Waals surface area contributed by atoms with Gasteiger partial charge in [0.25, 0.3) is 5.91 Å². The van der Waals surface area contributed by atoms with Crippen LogP contribution in [0.3, 0.4) is 0 Å². The van der Waals surface area contributed by atoms with Crippen LogP contribution in [0.4, 0.5) is 0 Å². The molecule has 2 amide bonds. The van der Waals surface area contributed by atoms with Crippen LogP contribution in [-0.2, 0) is 11.3 Å². The number of likely N-dealkylation sites (N-methyl/N-ethyl adjacent to an activating group) is 1. The molecule has 0 saturated carbocycles. The summed E-state index contributed by atoms with van der Waals surface area (Å²) in [5.74, 6) is -0.314. The lowest BCUT2D eigenvalue weighted by atomic mass is 10.3. The van der Waals surface area contributed by atoms with Crippen molar-refractivity contribution in [3.05, 3.63) is 48.2 Å². The van der Waals surface area contributed by atoms with E-state index in [2.05, 4.69) is 10.3 Å². The van der Waals surface area contributed by atoms with Gasteiger partial charge in [0.2, 0.25) is 5.91 Å². The Bertz CT molecular complexity index is 531. The van der Waals surface area contributed by atoms with Gasteiger partial charge in [0.15, 0.2) is 5.76 Å². The summed E-state index contributed by atoms with van der Waals surface area (Å²) >= 11 is 0. The van der Waals surface area contributed by atoms with Gasteiger partial charge in [0, 0.05) is 26.0 Å². The molecule has 6 heteroatoms. The summed E-state index contributed by atoms with van der Waals surface area (Å²) in [6.45, 7) is 0.426. The summed E-state index contributed by atoms with van der Waals surface area (Å²) in [6.07, 6.45) is 5.01. The van der Waals surface area contributed by atoms with Crippen molar-refractivity contribution in [2.45, 2.75) is 6.54 Å². The molecule has 0 saturated heterocycles. The molecule has 2 heterocycles. The van der Waals surface area contributed by atoms with Gasteiger partial charge in [-0.25, -0.2) is 0 Å². The molecule has 2 aromatic heterocycles. The zero-order valence-corrected chi connectivity index (χ0v) is 10.6. The van der Waals surface area contributed by atoms with E-state index in [0.717, 1.165) is 5.56 Å². The first-order chi connectivity index (χ1) is 9.16. The Labute approximate surface area is 110 Å². The lowest BCUT2D eigenvalue weighted by molar-refractivity contribution is -0.121. The molecule has 2 rings (SSSR count). The number of rotatable bonds is 5. The minimum atomic E-state index is -0.318. The second kappa shape index (κ2) is 5.90. The van der Waals surface area contributed by atoms with Crippen molar-refractivity contribution in [1.82, 2.24) is 15.2 Å². The predicted molar refractivity (Wildman–Crippen MR) is 68.3 cm³/mol. The van der Waals surface area contributed by atoms with Crippen molar-refractivity contribution in [1.29, 1.82) is 0 Å². The number of aromatic nitrogens is 1. The second-order valence-corrected chi connectivity index (χ2v) is 4.13. The molecule has 19 heavy (non-hydrogen) atoms. The first kappa shape index (κ1) is 12.9. The van der Waals surface area contributed by atoms with Crippen LogP contribution in [0.5, 0.6) is 0 Å². The average molecular weight is 261 g/mol. The molecule has 0 spiro atoms. The van der Waals surface area contributed by atoms with E-state index in [9.17, 15) is 9.59 Å². The molecule has 100 valence electrons. The number of nitrogens with zero attached hydrogens (tertiary/aromatic N) is 1. The van der Waals surface area contributed by atoms with E-state index >= 15 is 0 Å². The van der Waals surface area contributed by atoms with Crippen LogP contribution in [0.15, 0.2) is 41.3 Å². The van der Waals surface area contributed by atoms with E-state index < -0.39 is 0 Å². The molecule has 0 fully saturated rings. The highest BCUT2D eigenvalue weighted by atomic mass is 16.3. The third-order valence-corrected chi connectivity index (χ3v) is 2.61. The van der Waals surface area contributed by atoms with Gasteiger partial charge in [-0.05, 0) is 23.8 Å². The third kappa shape index (κ3) is 3.48. The Balaban J connectivity index is 1.80. The number of aromatic amines is 1. The second-order valence-electron chi connectivity index (χ2n) is 4.13. The molecule has 0 unspecified atom stereocenters. The Morgan fingerprint density at radius 3 is 2.89 bits per heavy atom. The van der Waals surface area contributed by atoms with E-state index in [-0.39, 0.29) is 24.1 Å². The maximum Gasteiger partial charge on any atom is 0.289 e. The largest absolute Gasteiger partial charge is 0.459 e. The minimum absolute atomic E-state index is 0.00996.